The molecule has 3 heterocycles. The Morgan fingerprint density at radius 3 is 2.81 bits per heavy atom. The SMILES string of the molecule is C=CCOC[C@H]1CC[C@@H]2[C@@H](CCN2Cc2nccs2)O1.O=C(O)C(F)(F)F. The predicted molar refractivity (Wildman–Crippen MR) is 93.5 cm³/mol. The monoisotopic (exact) mass is 408 g/mol. The Labute approximate surface area is 159 Å². The second-order valence-electron chi connectivity index (χ2n) is 6.26. The third kappa shape index (κ3) is 6.87. The highest BCUT2D eigenvalue weighted by Crippen LogP contribution is 2.32. The zero-order chi connectivity index (χ0) is 19.9. The molecular weight excluding hydrogens is 385 g/mol. The molecule has 0 aromatic carbocycles. The maximum atomic E-state index is 10.6. The number of carbonyl (C=O) groups is 1. The van der Waals surface area contributed by atoms with Gasteiger partial charge >= 0.3 is 12.1 Å². The molecule has 2 aliphatic rings. The lowest BCUT2D eigenvalue weighted by atomic mass is 9.99. The summed E-state index contributed by atoms with van der Waals surface area (Å²) < 4.78 is 43.4. The van der Waals surface area contributed by atoms with Gasteiger partial charge in [0.1, 0.15) is 5.01 Å². The van der Waals surface area contributed by atoms with Gasteiger partial charge < -0.3 is 14.6 Å². The fraction of sp³-hybridized carbons (Fsp3) is 0.647. The van der Waals surface area contributed by atoms with Gasteiger partial charge in [0.2, 0.25) is 0 Å². The van der Waals surface area contributed by atoms with E-state index < -0.39 is 12.1 Å². The summed E-state index contributed by atoms with van der Waals surface area (Å²) in [5.74, 6) is -2.76. The number of aromatic nitrogens is 1. The maximum Gasteiger partial charge on any atom is 0.490 e. The van der Waals surface area contributed by atoms with Gasteiger partial charge in [0.15, 0.2) is 0 Å². The zero-order valence-electron chi connectivity index (χ0n) is 14.7. The van der Waals surface area contributed by atoms with Crippen molar-refractivity contribution >= 4 is 17.3 Å². The van der Waals surface area contributed by atoms with Crippen molar-refractivity contribution in [2.45, 2.75) is 50.2 Å². The number of fused-ring (bicyclic) bond motifs is 1. The third-order valence-electron chi connectivity index (χ3n) is 4.35. The summed E-state index contributed by atoms with van der Waals surface area (Å²) in [5.41, 5.74) is 0. The van der Waals surface area contributed by atoms with Gasteiger partial charge in [-0.15, -0.1) is 17.9 Å². The quantitative estimate of drug-likeness (QED) is 0.576. The summed E-state index contributed by atoms with van der Waals surface area (Å²) in [6.07, 6.45) is 2.66. The van der Waals surface area contributed by atoms with E-state index in [0.717, 1.165) is 25.9 Å². The Morgan fingerprint density at radius 2 is 2.22 bits per heavy atom. The Bertz CT molecular complexity index is 597. The summed E-state index contributed by atoms with van der Waals surface area (Å²) in [4.78, 5) is 15.8. The van der Waals surface area contributed by atoms with Gasteiger partial charge in [0.05, 0.1) is 32.0 Å². The van der Waals surface area contributed by atoms with Crippen molar-refractivity contribution in [2.24, 2.45) is 0 Å². The van der Waals surface area contributed by atoms with Gasteiger partial charge in [-0.3, -0.25) is 4.90 Å². The van der Waals surface area contributed by atoms with Gasteiger partial charge in [0, 0.05) is 24.2 Å². The number of carboxylic acid groups (broad SMARTS) is 1. The van der Waals surface area contributed by atoms with Crippen LogP contribution in [0.3, 0.4) is 0 Å². The van der Waals surface area contributed by atoms with Crippen LogP contribution in [-0.4, -0.2) is 65.1 Å². The van der Waals surface area contributed by atoms with Crippen molar-refractivity contribution < 1.29 is 32.5 Å². The van der Waals surface area contributed by atoms with Crippen molar-refractivity contribution in [1.29, 1.82) is 0 Å². The highest BCUT2D eigenvalue weighted by atomic mass is 32.1. The average Bonchev–Trinajstić information content (AvgIpc) is 3.25. The number of rotatable bonds is 6. The molecule has 3 rings (SSSR count). The molecule has 0 saturated carbocycles. The minimum Gasteiger partial charge on any atom is -0.475 e. The van der Waals surface area contributed by atoms with Gasteiger partial charge in [-0.1, -0.05) is 6.08 Å². The van der Waals surface area contributed by atoms with Gasteiger partial charge in [-0.25, -0.2) is 9.78 Å². The molecule has 1 N–H and O–H groups in total. The van der Waals surface area contributed by atoms with E-state index in [9.17, 15) is 13.2 Å². The molecule has 2 aliphatic heterocycles. The van der Waals surface area contributed by atoms with E-state index >= 15 is 0 Å². The lowest BCUT2D eigenvalue weighted by molar-refractivity contribution is -0.192. The van der Waals surface area contributed by atoms with E-state index in [0.29, 0.717) is 25.4 Å². The van der Waals surface area contributed by atoms with E-state index in [1.807, 2.05) is 11.6 Å². The molecule has 1 aromatic heterocycles. The molecule has 0 radical (unpaired) electrons. The van der Waals surface area contributed by atoms with Crippen LogP contribution in [0, 0.1) is 0 Å². The van der Waals surface area contributed by atoms with Crippen LogP contribution in [0.2, 0.25) is 0 Å². The molecule has 6 nitrogen and oxygen atoms in total. The highest BCUT2D eigenvalue weighted by Gasteiger charge is 2.40. The Hall–Kier alpha value is -1.49. The van der Waals surface area contributed by atoms with Crippen molar-refractivity contribution in [2.75, 3.05) is 19.8 Å². The van der Waals surface area contributed by atoms with Crippen molar-refractivity contribution in [1.82, 2.24) is 9.88 Å². The fourth-order valence-corrected chi connectivity index (χ4v) is 3.83. The van der Waals surface area contributed by atoms with Crippen LogP contribution >= 0.6 is 11.3 Å². The Morgan fingerprint density at radius 1 is 1.48 bits per heavy atom. The number of halogens is 3. The van der Waals surface area contributed by atoms with Crippen LogP contribution in [-0.2, 0) is 20.8 Å². The number of thiazole rings is 1. The minimum atomic E-state index is -5.08. The van der Waals surface area contributed by atoms with E-state index in [1.165, 1.54) is 11.4 Å². The molecule has 0 spiro atoms. The summed E-state index contributed by atoms with van der Waals surface area (Å²) in [5, 5.41) is 10.4. The van der Waals surface area contributed by atoms with E-state index in [4.69, 9.17) is 19.4 Å². The average molecular weight is 408 g/mol. The molecule has 2 fully saturated rings. The number of hydrogen-bond acceptors (Lipinski definition) is 6. The molecule has 0 amide bonds. The number of aliphatic carboxylic acids is 1. The summed E-state index contributed by atoms with van der Waals surface area (Å²) in [6.45, 7) is 7.07. The normalized spacial score (nSPS) is 25.4. The number of nitrogens with zero attached hydrogens (tertiary/aromatic N) is 2. The van der Waals surface area contributed by atoms with Crippen LogP contribution in [0.4, 0.5) is 13.2 Å². The summed E-state index contributed by atoms with van der Waals surface area (Å²) >= 11 is 1.74. The predicted octanol–water partition coefficient (Wildman–Crippen LogP) is 3.10. The lowest BCUT2D eigenvalue weighted by Crippen LogP contribution is -2.43. The number of likely N-dealkylation sites (tertiary alicyclic amines) is 1. The first-order valence-electron chi connectivity index (χ1n) is 8.58. The minimum absolute atomic E-state index is 0.260. The molecule has 0 bridgehead atoms. The fourth-order valence-electron chi connectivity index (χ4n) is 3.19. The largest absolute Gasteiger partial charge is 0.490 e. The van der Waals surface area contributed by atoms with E-state index in [-0.39, 0.29) is 6.10 Å². The van der Waals surface area contributed by atoms with E-state index in [1.54, 1.807) is 17.4 Å². The van der Waals surface area contributed by atoms with Crippen LogP contribution in [0.25, 0.3) is 0 Å². The number of ether oxygens (including phenoxy) is 2. The van der Waals surface area contributed by atoms with Crippen molar-refractivity contribution in [3.8, 4) is 0 Å². The molecule has 2 saturated heterocycles. The molecule has 152 valence electrons. The molecule has 10 heteroatoms. The Balaban J connectivity index is 0.000000321. The standard InChI is InChI=1S/C15H22N2O2S.C2HF3O2/c1-2-8-18-11-12-3-4-13-14(19-12)5-7-17(13)10-15-16-6-9-20-15;3-2(4,5)1(6)7/h2,6,9,12-14H,1,3-5,7-8,10-11H2;(H,6,7)/t12-,13-,14-;/m1./s1. The summed E-state index contributed by atoms with van der Waals surface area (Å²) in [6, 6.07) is 0.564. The zero-order valence-corrected chi connectivity index (χ0v) is 15.5. The van der Waals surface area contributed by atoms with Crippen molar-refractivity contribution in [3.63, 3.8) is 0 Å². The van der Waals surface area contributed by atoms with Crippen LogP contribution in [0.1, 0.15) is 24.3 Å². The molecule has 3 atom stereocenters. The molecule has 0 unspecified atom stereocenters. The first kappa shape index (κ1) is 21.8. The molecule has 0 aliphatic carbocycles. The first-order valence-corrected chi connectivity index (χ1v) is 9.46. The van der Waals surface area contributed by atoms with Crippen LogP contribution in [0.5, 0.6) is 0 Å². The Kier molecular flexibility index (Phi) is 8.21. The topological polar surface area (TPSA) is 71.9 Å². The van der Waals surface area contributed by atoms with E-state index in [2.05, 4.69) is 16.5 Å². The number of carboxylic acids is 1. The highest BCUT2D eigenvalue weighted by molar-refractivity contribution is 7.09. The smallest absolute Gasteiger partial charge is 0.475 e. The molecular formula is C17H23F3N2O4S. The van der Waals surface area contributed by atoms with Gasteiger partial charge in [-0.2, -0.15) is 13.2 Å². The first-order chi connectivity index (χ1) is 12.8. The molecule has 27 heavy (non-hydrogen) atoms. The van der Waals surface area contributed by atoms with Crippen LogP contribution < -0.4 is 0 Å². The second-order valence-corrected chi connectivity index (χ2v) is 7.23. The molecule has 1 aromatic rings. The third-order valence-corrected chi connectivity index (χ3v) is 5.12. The number of hydrogen-bond donors (Lipinski definition) is 1. The second kappa shape index (κ2) is 10.2. The number of alkyl halides is 3. The van der Waals surface area contributed by atoms with Crippen molar-refractivity contribution in [3.05, 3.63) is 29.2 Å². The lowest BCUT2D eigenvalue weighted by Gasteiger charge is -2.35. The van der Waals surface area contributed by atoms with Crippen LogP contribution in [0.15, 0.2) is 24.2 Å². The summed E-state index contributed by atoms with van der Waals surface area (Å²) in [7, 11) is 0. The maximum absolute atomic E-state index is 10.6. The van der Waals surface area contributed by atoms with Gasteiger partial charge in [-0.05, 0) is 19.3 Å². The van der Waals surface area contributed by atoms with Gasteiger partial charge in [0.25, 0.3) is 0 Å².